The van der Waals surface area contributed by atoms with Gasteiger partial charge in [0.2, 0.25) is 0 Å². The minimum atomic E-state index is -2.26. The molecule has 1 aromatic heterocycles. The van der Waals surface area contributed by atoms with E-state index in [1.807, 2.05) is 6.20 Å². The van der Waals surface area contributed by atoms with Crippen LogP contribution in [0.15, 0.2) is 18.3 Å². The van der Waals surface area contributed by atoms with E-state index < -0.39 is 18.4 Å². The molecule has 2 N–H and O–H groups in total. The summed E-state index contributed by atoms with van der Waals surface area (Å²) in [6.45, 7) is 11.2. The second kappa shape index (κ2) is 14.1. The number of aromatic nitrogens is 1. The average molecular weight is 427 g/mol. The summed E-state index contributed by atoms with van der Waals surface area (Å²) in [6, 6.07) is 4.49. The number of rotatable bonds is 10. The quantitative estimate of drug-likeness (QED) is 0.456. The molecule has 0 saturated carbocycles. The molecule has 0 atom stereocenters. The van der Waals surface area contributed by atoms with Crippen LogP contribution >= 0.6 is 0 Å². The first-order valence-corrected chi connectivity index (χ1v) is 17.3. The van der Waals surface area contributed by atoms with Gasteiger partial charge < -0.3 is 0 Å². The summed E-state index contributed by atoms with van der Waals surface area (Å²) in [4.78, 5) is 4.21. The van der Waals surface area contributed by atoms with Crippen LogP contribution in [0, 0.1) is 0 Å². The third kappa shape index (κ3) is 8.97. The number of unbranched alkanes of at least 4 members (excludes halogenated alkanes) is 3. The van der Waals surface area contributed by atoms with Crippen molar-refractivity contribution in [2.45, 2.75) is 92.9 Å². The number of nitrogens with zero attached hydrogens (tertiary/aromatic N) is 1. The zero-order valence-corrected chi connectivity index (χ0v) is 19.2. The van der Waals surface area contributed by atoms with Crippen molar-refractivity contribution < 1.29 is 0 Å². The first-order chi connectivity index (χ1) is 11.1. The Balaban J connectivity index is 0.00000149. The van der Waals surface area contributed by atoms with Gasteiger partial charge in [0.1, 0.15) is 0 Å². The molecule has 0 radical (unpaired) electrons. The molecule has 0 fully saturated rings. The SMILES string of the molecule is CCC.CCC[CH2][Sn]([CH2]CCC)([CH2]CCC)[c]1ccnc(N)c1. The van der Waals surface area contributed by atoms with Gasteiger partial charge in [0.15, 0.2) is 0 Å². The predicted molar refractivity (Wildman–Crippen MR) is 109 cm³/mol. The summed E-state index contributed by atoms with van der Waals surface area (Å²) in [7, 11) is 0. The Morgan fingerprint density at radius 2 is 1.30 bits per heavy atom. The zero-order valence-electron chi connectivity index (χ0n) is 16.3. The molecular weight excluding hydrogens is 387 g/mol. The first kappa shape index (κ1) is 22.7. The van der Waals surface area contributed by atoms with Crippen LogP contribution in [0.3, 0.4) is 0 Å². The van der Waals surface area contributed by atoms with Crippen molar-refractivity contribution >= 4 is 27.8 Å². The molecular formula is C20H40N2Sn. The number of anilines is 1. The molecule has 0 aromatic carbocycles. The number of hydrogen-bond acceptors (Lipinski definition) is 2. The molecule has 1 aromatic rings. The van der Waals surface area contributed by atoms with Crippen molar-refractivity contribution in [3.8, 4) is 0 Å². The minimum absolute atomic E-state index is 0.716. The Kier molecular flexibility index (Phi) is 14.0. The van der Waals surface area contributed by atoms with Crippen LogP contribution in [0.4, 0.5) is 5.82 Å². The molecule has 0 saturated heterocycles. The van der Waals surface area contributed by atoms with Crippen molar-refractivity contribution in [1.29, 1.82) is 0 Å². The van der Waals surface area contributed by atoms with Crippen molar-refractivity contribution in [2.75, 3.05) is 5.73 Å². The van der Waals surface area contributed by atoms with Gasteiger partial charge in [-0.05, 0) is 0 Å². The van der Waals surface area contributed by atoms with Gasteiger partial charge in [-0.1, -0.05) is 20.3 Å². The molecule has 23 heavy (non-hydrogen) atoms. The number of nitrogens with two attached hydrogens (primary N) is 1. The van der Waals surface area contributed by atoms with E-state index in [1.54, 1.807) is 3.58 Å². The van der Waals surface area contributed by atoms with Crippen molar-refractivity contribution in [3.05, 3.63) is 18.3 Å². The summed E-state index contributed by atoms with van der Waals surface area (Å²) >= 11 is -2.26. The molecule has 0 bridgehead atoms. The van der Waals surface area contributed by atoms with E-state index in [2.05, 4.69) is 51.7 Å². The van der Waals surface area contributed by atoms with E-state index in [4.69, 9.17) is 5.73 Å². The fourth-order valence-electron chi connectivity index (χ4n) is 3.13. The first-order valence-electron chi connectivity index (χ1n) is 9.82. The maximum atomic E-state index is 5.96. The van der Waals surface area contributed by atoms with E-state index in [-0.39, 0.29) is 0 Å². The third-order valence-corrected chi connectivity index (χ3v) is 20.0. The van der Waals surface area contributed by atoms with Crippen LogP contribution in [0.1, 0.15) is 79.6 Å². The summed E-state index contributed by atoms with van der Waals surface area (Å²) in [5, 5.41) is 0. The molecule has 0 aliphatic rings. The fourth-order valence-corrected chi connectivity index (χ4v) is 19.1. The zero-order chi connectivity index (χ0) is 17.6. The van der Waals surface area contributed by atoms with Gasteiger partial charge in [-0.2, -0.15) is 0 Å². The van der Waals surface area contributed by atoms with Gasteiger partial charge in [0.25, 0.3) is 0 Å². The van der Waals surface area contributed by atoms with Crippen LogP contribution in [0.25, 0.3) is 0 Å². The fraction of sp³-hybridized carbons (Fsp3) is 0.750. The Morgan fingerprint density at radius 1 is 0.870 bits per heavy atom. The molecule has 0 aliphatic heterocycles. The van der Waals surface area contributed by atoms with E-state index >= 15 is 0 Å². The molecule has 134 valence electrons. The monoisotopic (exact) mass is 428 g/mol. The molecule has 1 rings (SSSR count). The molecule has 3 heteroatoms. The summed E-state index contributed by atoms with van der Waals surface area (Å²) in [5.41, 5.74) is 5.96. The molecule has 1 heterocycles. The van der Waals surface area contributed by atoms with Crippen LogP contribution in [-0.2, 0) is 0 Å². The van der Waals surface area contributed by atoms with Gasteiger partial charge in [0.05, 0.1) is 0 Å². The van der Waals surface area contributed by atoms with Gasteiger partial charge >= 0.3 is 129 Å². The average Bonchev–Trinajstić information content (AvgIpc) is 2.55. The van der Waals surface area contributed by atoms with Gasteiger partial charge in [-0.15, -0.1) is 0 Å². The van der Waals surface area contributed by atoms with Crippen molar-refractivity contribution in [3.63, 3.8) is 0 Å². The number of nitrogen functional groups attached to an aromatic ring is 1. The van der Waals surface area contributed by atoms with E-state index in [0.717, 1.165) is 0 Å². The van der Waals surface area contributed by atoms with E-state index in [9.17, 15) is 0 Å². The molecule has 2 nitrogen and oxygen atoms in total. The van der Waals surface area contributed by atoms with E-state index in [0.29, 0.717) is 5.82 Å². The molecule has 0 spiro atoms. The van der Waals surface area contributed by atoms with Crippen molar-refractivity contribution in [1.82, 2.24) is 4.98 Å². The van der Waals surface area contributed by atoms with Crippen LogP contribution in [0.2, 0.25) is 13.3 Å². The summed E-state index contributed by atoms with van der Waals surface area (Å²) in [5.74, 6) is 0.716. The van der Waals surface area contributed by atoms with Gasteiger partial charge in [0, 0.05) is 0 Å². The maximum absolute atomic E-state index is 5.96. The molecule has 0 aliphatic carbocycles. The molecule has 0 amide bonds. The summed E-state index contributed by atoms with van der Waals surface area (Å²) < 4.78 is 6.11. The van der Waals surface area contributed by atoms with Crippen molar-refractivity contribution in [2.24, 2.45) is 0 Å². The van der Waals surface area contributed by atoms with E-state index in [1.165, 1.54) is 58.3 Å². The Morgan fingerprint density at radius 3 is 1.65 bits per heavy atom. The third-order valence-electron chi connectivity index (χ3n) is 4.42. The number of hydrogen-bond donors (Lipinski definition) is 1. The normalized spacial score (nSPS) is 11.0. The molecule has 0 unspecified atom stereocenters. The number of pyridine rings is 1. The summed E-state index contributed by atoms with van der Waals surface area (Å²) in [6.07, 6.45) is 11.3. The Labute approximate surface area is 149 Å². The van der Waals surface area contributed by atoms with Gasteiger partial charge in [-0.25, -0.2) is 0 Å². The van der Waals surface area contributed by atoms with Crippen LogP contribution < -0.4 is 9.31 Å². The second-order valence-corrected chi connectivity index (χ2v) is 20.0. The predicted octanol–water partition coefficient (Wildman–Crippen LogP) is 6.14. The van der Waals surface area contributed by atoms with Crippen LogP contribution in [-0.4, -0.2) is 23.4 Å². The topological polar surface area (TPSA) is 38.9 Å². The standard InChI is InChI=1S/C5H5N2.3C4H9.C3H8.Sn/c6-5-3-1-2-4-7-5;3*1-3-4-2;1-3-2;/h2-4H,(H2,6,7);3*1,3-4H2,2H3;3H2,1-2H3;. The van der Waals surface area contributed by atoms with Gasteiger partial charge in [-0.3, -0.25) is 0 Å². The Bertz CT molecular complexity index is 371. The Hall–Kier alpha value is -0.251. The second-order valence-electron chi connectivity index (χ2n) is 6.77. The van der Waals surface area contributed by atoms with Crippen LogP contribution in [0.5, 0.6) is 0 Å².